The van der Waals surface area contributed by atoms with Crippen LogP contribution in [0.4, 0.5) is 0 Å². The van der Waals surface area contributed by atoms with Gasteiger partial charge < -0.3 is 10.4 Å². The van der Waals surface area contributed by atoms with Crippen LogP contribution < -0.4 is 5.32 Å². The third kappa shape index (κ3) is 4.75. The van der Waals surface area contributed by atoms with Gasteiger partial charge in [-0.2, -0.15) is 11.8 Å². The molecule has 2 unspecified atom stereocenters. The Morgan fingerprint density at radius 2 is 2.07 bits per heavy atom. The lowest BCUT2D eigenvalue weighted by molar-refractivity contribution is 0.288. The molecule has 0 aromatic heterocycles. The third-order valence-corrected chi connectivity index (χ3v) is 4.79. The largest absolute Gasteiger partial charge is 0.396 e. The zero-order valence-electron chi connectivity index (χ0n) is 10.0. The Morgan fingerprint density at radius 1 is 1.40 bits per heavy atom. The molecule has 0 heterocycles. The van der Waals surface area contributed by atoms with E-state index in [0.29, 0.717) is 17.9 Å². The van der Waals surface area contributed by atoms with Crippen LogP contribution in [0, 0.1) is 5.92 Å². The molecule has 1 fully saturated rings. The fourth-order valence-electron chi connectivity index (χ4n) is 2.35. The highest BCUT2D eigenvalue weighted by Crippen LogP contribution is 2.30. The molecule has 15 heavy (non-hydrogen) atoms. The maximum Gasteiger partial charge on any atom is 0.0441 e. The van der Waals surface area contributed by atoms with Crippen LogP contribution in [-0.2, 0) is 0 Å². The Morgan fingerprint density at radius 3 is 2.60 bits per heavy atom. The summed E-state index contributed by atoms with van der Waals surface area (Å²) in [6.07, 6.45) is 6.56. The highest BCUT2D eigenvalue weighted by Gasteiger charge is 2.23. The molecule has 2 N–H and O–H groups in total. The van der Waals surface area contributed by atoms with Gasteiger partial charge >= 0.3 is 0 Å². The molecule has 0 aromatic rings. The molecule has 2 atom stereocenters. The minimum Gasteiger partial charge on any atom is -0.396 e. The topological polar surface area (TPSA) is 32.3 Å². The number of hydrogen-bond acceptors (Lipinski definition) is 3. The van der Waals surface area contributed by atoms with Gasteiger partial charge in [0.2, 0.25) is 0 Å². The summed E-state index contributed by atoms with van der Waals surface area (Å²) in [5.74, 6) is 2.09. The molecule has 0 radical (unpaired) electrons. The first kappa shape index (κ1) is 13.3. The van der Waals surface area contributed by atoms with Crippen molar-refractivity contribution < 1.29 is 5.11 Å². The molecule has 1 saturated carbocycles. The van der Waals surface area contributed by atoms with Gasteiger partial charge in [-0.15, -0.1) is 0 Å². The van der Waals surface area contributed by atoms with E-state index in [1.165, 1.54) is 31.4 Å². The van der Waals surface area contributed by atoms with E-state index in [1.807, 2.05) is 11.8 Å². The van der Waals surface area contributed by atoms with Crippen molar-refractivity contribution in [1.29, 1.82) is 0 Å². The van der Waals surface area contributed by atoms with Gasteiger partial charge in [0.05, 0.1) is 0 Å². The van der Waals surface area contributed by atoms with Gasteiger partial charge in [0.1, 0.15) is 0 Å². The lowest BCUT2D eigenvalue weighted by Crippen LogP contribution is -2.35. The van der Waals surface area contributed by atoms with Gasteiger partial charge in [-0.1, -0.05) is 19.8 Å². The van der Waals surface area contributed by atoms with E-state index in [-0.39, 0.29) is 0 Å². The van der Waals surface area contributed by atoms with E-state index >= 15 is 0 Å². The van der Waals surface area contributed by atoms with Crippen molar-refractivity contribution >= 4 is 11.8 Å². The fraction of sp³-hybridized carbons (Fsp3) is 1.00. The molecular weight excluding hydrogens is 206 g/mol. The summed E-state index contributed by atoms with van der Waals surface area (Å²) in [5, 5.41) is 12.9. The van der Waals surface area contributed by atoms with Gasteiger partial charge in [0, 0.05) is 23.7 Å². The zero-order valence-corrected chi connectivity index (χ0v) is 10.9. The van der Waals surface area contributed by atoms with Crippen molar-refractivity contribution in [3.05, 3.63) is 0 Å². The van der Waals surface area contributed by atoms with E-state index in [9.17, 15) is 0 Å². The van der Waals surface area contributed by atoms with Crippen LogP contribution in [-0.4, -0.2) is 35.8 Å². The number of hydrogen-bond donors (Lipinski definition) is 2. The molecule has 0 aliphatic heterocycles. The van der Waals surface area contributed by atoms with Crippen molar-refractivity contribution in [2.24, 2.45) is 5.92 Å². The maximum absolute atomic E-state index is 8.84. The van der Waals surface area contributed by atoms with Crippen molar-refractivity contribution in [3.63, 3.8) is 0 Å². The summed E-state index contributed by atoms with van der Waals surface area (Å²) in [6, 6.07) is 0.679. The molecule has 0 aromatic carbocycles. The average Bonchev–Trinajstić information content (AvgIpc) is 2.72. The van der Waals surface area contributed by atoms with Gasteiger partial charge in [0.25, 0.3) is 0 Å². The fourth-order valence-corrected chi connectivity index (χ4v) is 3.59. The number of thioether (sulfide) groups is 1. The van der Waals surface area contributed by atoms with Crippen molar-refractivity contribution in [1.82, 2.24) is 5.32 Å². The Labute approximate surface area is 98.2 Å². The molecular formula is C12H25NOS. The molecule has 90 valence electrons. The molecule has 1 rings (SSSR count). The van der Waals surface area contributed by atoms with Gasteiger partial charge in [0.15, 0.2) is 0 Å². The smallest absolute Gasteiger partial charge is 0.0441 e. The molecule has 3 heteroatoms. The first-order chi connectivity index (χ1) is 7.27. The average molecular weight is 231 g/mol. The number of nitrogens with one attached hydrogen (secondary N) is 1. The molecule has 0 saturated heterocycles. The Hall–Kier alpha value is 0.270. The van der Waals surface area contributed by atoms with E-state index in [1.54, 1.807) is 0 Å². The second-order valence-electron chi connectivity index (χ2n) is 4.60. The van der Waals surface area contributed by atoms with E-state index in [2.05, 4.69) is 19.3 Å². The molecule has 1 aliphatic carbocycles. The molecule has 2 nitrogen and oxygen atoms in total. The summed E-state index contributed by atoms with van der Waals surface area (Å²) in [6.45, 7) is 2.53. The standard InChI is InChI=1S/C12H25NOS/c1-10(7-8-14)15-9-12(13-2)11-5-3-4-6-11/h10-14H,3-9H2,1-2H3. The monoisotopic (exact) mass is 231 g/mol. The second kappa shape index (κ2) is 7.53. The number of aliphatic hydroxyl groups is 1. The summed E-state index contributed by atoms with van der Waals surface area (Å²) in [7, 11) is 2.08. The minimum atomic E-state index is 0.321. The Kier molecular flexibility index (Phi) is 6.69. The van der Waals surface area contributed by atoms with Crippen LogP contribution in [0.5, 0.6) is 0 Å². The number of rotatable bonds is 7. The van der Waals surface area contributed by atoms with Gasteiger partial charge in [-0.05, 0) is 32.2 Å². The normalized spacial score (nSPS) is 21.8. The Balaban J connectivity index is 2.20. The summed E-state index contributed by atoms with van der Waals surface area (Å²) >= 11 is 2.00. The molecule has 0 amide bonds. The van der Waals surface area contributed by atoms with Crippen molar-refractivity contribution in [2.45, 2.75) is 50.3 Å². The van der Waals surface area contributed by atoms with E-state index in [4.69, 9.17) is 5.11 Å². The lowest BCUT2D eigenvalue weighted by atomic mass is 10.0. The quantitative estimate of drug-likeness (QED) is 0.705. The van der Waals surface area contributed by atoms with Gasteiger partial charge in [-0.25, -0.2) is 0 Å². The van der Waals surface area contributed by atoms with Crippen LogP contribution in [0.2, 0.25) is 0 Å². The van der Waals surface area contributed by atoms with Gasteiger partial charge in [-0.3, -0.25) is 0 Å². The highest BCUT2D eigenvalue weighted by atomic mass is 32.2. The highest BCUT2D eigenvalue weighted by molar-refractivity contribution is 7.99. The van der Waals surface area contributed by atoms with Crippen molar-refractivity contribution in [3.8, 4) is 0 Å². The Bertz CT molecular complexity index is 160. The lowest BCUT2D eigenvalue weighted by Gasteiger charge is -2.23. The minimum absolute atomic E-state index is 0.321. The predicted molar refractivity (Wildman–Crippen MR) is 68.4 cm³/mol. The van der Waals surface area contributed by atoms with Crippen LogP contribution in [0.3, 0.4) is 0 Å². The van der Waals surface area contributed by atoms with Crippen LogP contribution in [0.25, 0.3) is 0 Å². The van der Waals surface area contributed by atoms with Crippen LogP contribution in [0.1, 0.15) is 39.0 Å². The maximum atomic E-state index is 8.84. The number of aliphatic hydroxyl groups excluding tert-OH is 1. The van der Waals surface area contributed by atoms with Crippen LogP contribution in [0.15, 0.2) is 0 Å². The van der Waals surface area contributed by atoms with E-state index < -0.39 is 0 Å². The van der Waals surface area contributed by atoms with Crippen LogP contribution >= 0.6 is 11.8 Å². The van der Waals surface area contributed by atoms with E-state index in [0.717, 1.165) is 12.3 Å². The first-order valence-corrected chi connectivity index (χ1v) is 7.22. The molecule has 0 spiro atoms. The predicted octanol–water partition coefficient (Wildman–Crippen LogP) is 2.27. The third-order valence-electron chi connectivity index (χ3n) is 3.44. The molecule has 1 aliphatic rings. The first-order valence-electron chi connectivity index (χ1n) is 6.17. The summed E-state index contributed by atoms with van der Waals surface area (Å²) < 4.78 is 0. The summed E-state index contributed by atoms with van der Waals surface area (Å²) in [5.41, 5.74) is 0. The summed E-state index contributed by atoms with van der Waals surface area (Å²) in [4.78, 5) is 0. The SMILES string of the molecule is CNC(CSC(C)CCO)C1CCCC1. The van der Waals surface area contributed by atoms with Crippen molar-refractivity contribution in [2.75, 3.05) is 19.4 Å². The molecule has 0 bridgehead atoms. The zero-order chi connectivity index (χ0) is 11.1. The second-order valence-corrected chi connectivity index (χ2v) is 6.07.